The number of alkyl halides is 1. The van der Waals surface area contributed by atoms with Crippen molar-refractivity contribution >= 4 is 34.5 Å². The van der Waals surface area contributed by atoms with Gasteiger partial charge in [-0.3, -0.25) is 0 Å². The van der Waals surface area contributed by atoms with E-state index in [1.54, 1.807) is 18.2 Å². The Labute approximate surface area is 113 Å². The number of halogens is 3. The van der Waals surface area contributed by atoms with Crippen LogP contribution < -0.4 is 4.74 Å². The number of benzene rings is 1. The van der Waals surface area contributed by atoms with E-state index in [9.17, 15) is 4.39 Å². The van der Waals surface area contributed by atoms with E-state index in [1.165, 1.54) is 17.4 Å². The molecule has 0 aliphatic rings. The lowest BCUT2D eigenvalue weighted by molar-refractivity contribution is 0.291. The molecule has 0 spiro atoms. The molecule has 2 rings (SSSR count). The van der Waals surface area contributed by atoms with Gasteiger partial charge in [0.1, 0.15) is 6.61 Å². The van der Waals surface area contributed by atoms with Gasteiger partial charge in [-0.25, -0.2) is 4.39 Å². The van der Waals surface area contributed by atoms with Crippen molar-refractivity contribution in [3.63, 3.8) is 0 Å². The first-order valence-corrected chi connectivity index (χ1v) is 6.64. The Bertz CT molecular complexity index is 513. The maximum atomic E-state index is 13.5. The highest BCUT2D eigenvalue weighted by atomic mass is 35.5. The van der Waals surface area contributed by atoms with Gasteiger partial charge in [-0.2, -0.15) is 0 Å². The molecule has 1 aromatic carbocycles. The molecule has 17 heavy (non-hydrogen) atoms. The van der Waals surface area contributed by atoms with Crippen molar-refractivity contribution in [1.82, 2.24) is 0 Å². The van der Waals surface area contributed by atoms with Gasteiger partial charge in [0.05, 0.1) is 10.2 Å². The smallest absolute Gasteiger partial charge is 0.165 e. The zero-order chi connectivity index (χ0) is 12.3. The minimum Gasteiger partial charge on any atom is -0.485 e. The van der Waals surface area contributed by atoms with Gasteiger partial charge in [0.15, 0.2) is 11.6 Å². The monoisotopic (exact) mass is 290 g/mol. The first kappa shape index (κ1) is 12.7. The van der Waals surface area contributed by atoms with Crippen molar-refractivity contribution in [3.8, 4) is 5.75 Å². The Kier molecular flexibility index (Phi) is 4.26. The summed E-state index contributed by atoms with van der Waals surface area (Å²) in [6.45, 7) is 0.294. The lowest BCUT2D eigenvalue weighted by atomic mass is 10.2. The largest absolute Gasteiger partial charge is 0.485 e. The van der Waals surface area contributed by atoms with E-state index in [0.29, 0.717) is 16.5 Å². The molecule has 1 heterocycles. The minimum absolute atomic E-state index is 0.215. The van der Waals surface area contributed by atoms with Crippen molar-refractivity contribution in [2.75, 3.05) is 0 Å². The minimum atomic E-state index is -0.397. The third-order valence-electron chi connectivity index (χ3n) is 2.18. The van der Waals surface area contributed by atoms with Crippen LogP contribution in [0.5, 0.6) is 5.75 Å². The molecular formula is C12H9Cl2FOS. The third kappa shape index (κ3) is 3.12. The van der Waals surface area contributed by atoms with Crippen LogP contribution in [0.3, 0.4) is 0 Å². The molecule has 0 bridgehead atoms. The molecule has 0 fully saturated rings. The lowest BCUT2D eigenvalue weighted by Crippen LogP contribution is -1.98. The van der Waals surface area contributed by atoms with Gasteiger partial charge in [-0.15, -0.1) is 22.9 Å². The van der Waals surface area contributed by atoms with E-state index in [0.717, 1.165) is 4.88 Å². The summed E-state index contributed by atoms with van der Waals surface area (Å²) in [5.74, 6) is 0.0380. The lowest BCUT2D eigenvalue weighted by Gasteiger charge is -2.09. The summed E-state index contributed by atoms with van der Waals surface area (Å²) in [7, 11) is 0. The van der Waals surface area contributed by atoms with Crippen LogP contribution in [0.4, 0.5) is 4.39 Å². The first-order chi connectivity index (χ1) is 8.20. The fourth-order valence-electron chi connectivity index (χ4n) is 1.39. The number of hydrogen-bond donors (Lipinski definition) is 0. The van der Waals surface area contributed by atoms with Crippen LogP contribution >= 0.6 is 34.5 Å². The summed E-state index contributed by atoms with van der Waals surface area (Å²) < 4.78 is 19.7. The van der Waals surface area contributed by atoms with E-state index in [1.807, 2.05) is 6.07 Å². The summed E-state index contributed by atoms with van der Waals surface area (Å²) >= 11 is 12.9. The summed E-state index contributed by atoms with van der Waals surface area (Å²) in [5, 5.41) is 0. The topological polar surface area (TPSA) is 9.23 Å². The van der Waals surface area contributed by atoms with Crippen molar-refractivity contribution < 1.29 is 9.13 Å². The van der Waals surface area contributed by atoms with Crippen molar-refractivity contribution in [1.29, 1.82) is 0 Å². The van der Waals surface area contributed by atoms with Crippen LogP contribution in [0.1, 0.15) is 10.4 Å². The molecule has 0 aliphatic carbocycles. The summed E-state index contributed by atoms with van der Waals surface area (Å²) in [6.07, 6.45) is 0. The molecular weight excluding hydrogens is 282 g/mol. The molecule has 0 saturated carbocycles. The second-order valence-electron chi connectivity index (χ2n) is 3.36. The Hall–Kier alpha value is -0.770. The van der Waals surface area contributed by atoms with Crippen LogP contribution in [0.25, 0.3) is 0 Å². The molecule has 5 heteroatoms. The standard InChI is InChI=1S/C12H9Cl2FOS/c13-6-8-2-1-3-10(15)12(8)16-7-9-4-5-11(14)17-9/h1-5H,6-7H2. The fraction of sp³-hybridized carbons (Fsp3) is 0.167. The van der Waals surface area contributed by atoms with Crippen molar-refractivity contribution in [2.24, 2.45) is 0 Å². The van der Waals surface area contributed by atoms with Gasteiger partial charge < -0.3 is 4.74 Å². The SMILES string of the molecule is Fc1cccc(CCl)c1OCc1ccc(Cl)s1. The van der Waals surface area contributed by atoms with Gasteiger partial charge in [-0.1, -0.05) is 23.7 Å². The molecule has 0 radical (unpaired) electrons. The van der Waals surface area contributed by atoms with Crippen LogP contribution in [0.15, 0.2) is 30.3 Å². The zero-order valence-corrected chi connectivity index (χ0v) is 11.1. The maximum Gasteiger partial charge on any atom is 0.165 e. The molecule has 90 valence electrons. The highest BCUT2D eigenvalue weighted by molar-refractivity contribution is 7.16. The van der Waals surface area contributed by atoms with Gasteiger partial charge in [0, 0.05) is 10.4 Å². The van der Waals surface area contributed by atoms with E-state index in [4.69, 9.17) is 27.9 Å². The molecule has 1 nitrogen and oxygen atoms in total. The normalized spacial score (nSPS) is 10.5. The number of ether oxygens (including phenoxy) is 1. The quantitative estimate of drug-likeness (QED) is 0.731. The Balaban J connectivity index is 2.13. The highest BCUT2D eigenvalue weighted by Crippen LogP contribution is 2.27. The van der Waals surface area contributed by atoms with Crippen molar-refractivity contribution in [2.45, 2.75) is 12.5 Å². The maximum absolute atomic E-state index is 13.5. The van der Waals surface area contributed by atoms with E-state index in [2.05, 4.69) is 0 Å². The summed E-state index contributed by atoms with van der Waals surface area (Å²) in [4.78, 5) is 0.943. The van der Waals surface area contributed by atoms with Gasteiger partial charge >= 0.3 is 0 Å². The van der Waals surface area contributed by atoms with E-state index in [-0.39, 0.29) is 11.6 Å². The molecule has 0 saturated heterocycles. The average molecular weight is 291 g/mol. The van der Waals surface area contributed by atoms with Gasteiger partial charge in [-0.05, 0) is 18.2 Å². The molecule has 0 unspecified atom stereocenters. The number of hydrogen-bond acceptors (Lipinski definition) is 2. The van der Waals surface area contributed by atoms with Crippen LogP contribution in [0.2, 0.25) is 4.34 Å². The summed E-state index contributed by atoms with van der Waals surface area (Å²) in [6, 6.07) is 8.35. The molecule has 0 amide bonds. The Morgan fingerprint density at radius 2 is 2.06 bits per heavy atom. The number of thiophene rings is 1. The van der Waals surface area contributed by atoms with Gasteiger partial charge in [0.25, 0.3) is 0 Å². The molecule has 0 atom stereocenters. The predicted molar refractivity (Wildman–Crippen MR) is 69.6 cm³/mol. The number of para-hydroxylation sites is 1. The predicted octanol–water partition coefficient (Wildman–Crippen LogP) is 4.86. The van der Waals surface area contributed by atoms with Gasteiger partial charge in [0.2, 0.25) is 0 Å². The van der Waals surface area contributed by atoms with Crippen LogP contribution in [-0.2, 0) is 12.5 Å². The molecule has 0 aliphatic heterocycles. The number of rotatable bonds is 4. The van der Waals surface area contributed by atoms with Crippen molar-refractivity contribution in [3.05, 3.63) is 50.9 Å². The molecule has 0 N–H and O–H groups in total. The van der Waals surface area contributed by atoms with E-state index < -0.39 is 5.82 Å². The summed E-state index contributed by atoms with van der Waals surface area (Å²) in [5.41, 5.74) is 0.648. The Morgan fingerprint density at radius 1 is 1.24 bits per heavy atom. The Morgan fingerprint density at radius 3 is 2.71 bits per heavy atom. The zero-order valence-electron chi connectivity index (χ0n) is 8.75. The third-order valence-corrected chi connectivity index (χ3v) is 3.67. The second-order valence-corrected chi connectivity index (χ2v) is 5.42. The molecule has 1 aromatic heterocycles. The van der Waals surface area contributed by atoms with E-state index >= 15 is 0 Å². The van der Waals surface area contributed by atoms with Crippen LogP contribution in [-0.4, -0.2) is 0 Å². The second kappa shape index (κ2) is 5.71. The average Bonchev–Trinajstić information content (AvgIpc) is 2.73. The fourth-order valence-corrected chi connectivity index (χ4v) is 2.60. The molecule has 2 aromatic rings. The van der Waals surface area contributed by atoms with Crippen LogP contribution in [0, 0.1) is 5.82 Å². The first-order valence-electron chi connectivity index (χ1n) is 4.91. The highest BCUT2D eigenvalue weighted by Gasteiger charge is 2.09.